The highest BCUT2D eigenvalue weighted by Gasteiger charge is 2.23. The summed E-state index contributed by atoms with van der Waals surface area (Å²) in [6.07, 6.45) is 0.230. The van der Waals surface area contributed by atoms with Gasteiger partial charge in [-0.05, 0) is 17.7 Å². The van der Waals surface area contributed by atoms with Crippen LogP contribution in [-0.4, -0.2) is 30.2 Å². The molecule has 1 amide bonds. The van der Waals surface area contributed by atoms with E-state index in [-0.39, 0.29) is 12.3 Å². The van der Waals surface area contributed by atoms with E-state index in [1.165, 1.54) is 0 Å². The smallest absolute Gasteiger partial charge is 0.330 e. The molecule has 1 aromatic carbocycles. The van der Waals surface area contributed by atoms with Crippen LogP contribution in [0.25, 0.3) is 0 Å². The number of rotatable bonds is 4. The van der Waals surface area contributed by atoms with Crippen LogP contribution >= 0.6 is 0 Å². The summed E-state index contributed by atoms with van der Waals surface area (Å²) in [5, 5.41) is 11.6. The Kier molecular flexibility index (Phi) is 3.89. The minimum absolute atomic E-state index is 0.230. The fourth-order valence-electron chi connectivity index (χ4n) is 1.79. The van der Waals surface area contributed by atoms with Crippen molar-refractivity contribution in [3.63, 3.8) is 0 Å². The van der Waals surface area contributed by atoms with Gasteiger partial charge in [0.25, 0.3) is 0 Å². The Bertz CT molecular complexity index is 500. The molecule has 1 atom stereocenters. The molecular weight excluding hydrogens is 250 g/mol. The first-order valence-electron chi connectivity index (χ1n) is 6.03. The zero-order chi connectivity index (χ0) is 13.8. The number of fused-ring (bicyclic) bond motifs is 1. The van der Waals surface area contributed by atoms with Crippen LogP contribution in [0.1, 0.15) is 24.9 Å². The van der Waals surface area contributed by atoms with Gasteiger partial charge in [0, 0.05) is 6.42 Å². The molecule has 1 aliphatic heterocycles. The predicted molar refractivity (Wildman–Crippen MR) is 66.2 cm³/mol. The van der Waals surface area contributed by atoms with Gasteiger partial charge in [0.2, 0.25) is 5.91 Å². The first-order valence-corrected chi connectivity index (χ1v) is 6.03. The molecule has 6 nitrogen and oxygen atoms in total. The van der Waals surface area contributed by atoms with Gasteiger partial charge in [-0.15, -0.1) is 0 Å². The average molecular weight is 265 g/mol. The average Bonchev–Trinajstić information content (AvgIpc) is 2.43. The molecule has 0 aromatic heterocycles. The lowest BCUT2D eigenvalue weighted by atomic mass is 10.1. The molecule has 19 heavy (non-hydrogen) atoms. The van der Waals surface area contributed by atoms with Crippen LogP contribution in [0.5, 0.6) is 11.5 Å². The molecule has 0 saturated heterocycles. The normalized spacial score (nSPS) is 14.6. The van der Waals surface area contributed by atoms with Crippen LogP contribution in [0.3, 0.4) is 0 Å². The second-order valence-electron chi connectivity index (χ2n) is 4.10. The summed E-state index contributed by atoms with van der Waals surface area (Å²) in [4.78, 5) is 22.6. The molecule has 1 heterocycles. The zero-order valence-corrected chi connectivity index (χ0v) is 10.5. The van der Waals surface area contributed by atoms with Crippen LogP contribution in [0, 0.1) is 0 Å². The molecule has 102 valence electrons. The van der Waals surface area contributed by atoms with Crippen molar-refractivity contribution in [2.45, 2.75) is 19.4 Å². The van der Waals surface area contributed by atoms with Gasteiger partial charge in [-0.2, -0.15) is 0 Å². The Morgan fingerprint density at radius 1 is 1.32 bits per heavy atom. The van der Waals surface area contributed by atoms with Crippen LogP contribution in [0.2, 0.25) is 0 Å². The van der Waals surface area contributed by atoms with Gasteiger partial charge in [0.05, 0.1) is 0 Å². The first kappa shape index (κ1) is 13.2. The lowest BCUT2D eigenvalue weighted by Crippen LogP contribution is -2.33. The third kappa shape index (κ3) is 2.96. The number of carbonyl (C=O) groups is 2. The minimum Gasteiger partial charge on any atom is -0.486 e. The van der Waals surface area contributed by atoms with Crippen molar-refractivity contribution >= 4 is 11.9 Å². The Morgan fingerprint density at radius 2 is 2.00 bits per heavy atom. The van der Waals surface area contributed by atoms with Gasteiger partial charge in [-0.1, -0.05) is 13.0 Å². The van der Waals surface area contributed by atoms with E-state index in [1.54, 1.807) is 25.1 Å². The number of nitrogens with one attached hydrogen (secondary N) is 1. The van der Waals surface area contributed by atoms with Crippen molar-refractivity contribution in [2.75, 3.05) is 13.2 Å². The van der Waals surface area contributed by atoms with Crippen LogP contribution in [0.4, 0.5) is 0 Å². The fraction of sp³-hybridized carbons (Fsp3) is 0.385. The molecule has 0 spiro atoms. The molecule has 1 unspecified atom stereocenters. The van der Waals surface area contributed by atoms with E-state index >= 15 is 0 Å². The van der Waals surface area contributed by atoms with Crippen LogP contribution < -0.4 is 14.8 Å². The number of amides is 1. The Balaban J connectivity index is 2.26. The highest BCUT2D eigenvalue weighted by Crippen LogP contribution is 2.32. The largest absolute Gasteiger partial charge is 0.486 e. The number of aliphatic carboxylic acids is 1. The number of carbonyl (C=O) groups excluding carboxylic acids is 1. The minimum atomic E-state index is -1.11. The summed E-state index contributed by atoms with van der Waals surface area (Å²) in [7, 11) is 0. The standard InChI is InChI=1S/C13H15NO5/c1-2-11(15)14-12(13(16)17)8-3-4-9-10(7-8)19-6-5-18-9/h3-4,7,12H,2,5-6H2,1H3,(H,14,15)(H,16,17). The molecule has 6 heteroatoms. The number of carboxylic acids is 1. The molecule has 0 radical (unpaired) electrons. The number of ether oxygens (including phenoxy) is 2. The highest BCUT2D eigenvalue weighted by molar-refractivity contribution is 5.84. The van der Waals surface area contributed by atoms with Crippen molar-refractivity contribution in [1.82, 2.24) is 5.32 Å². The van der Waals surface area contributed by atoms with Crippen LogP contribution in [0.15, 0.2) is 18.2 Å². The Labute approximate surface area is 110 Å². The Morgan fingerprint density at radius 3 is 2.63 bits per heavy atom. The van der Waals surface area contributed by atoms with E-state index in [2.05, 4.69) is 5.32 Å². The molecule has 2 N–H and O–H groups in total. The van der Waals surface area contributed by atoms with E-state index in [1.807, 2.05) is 0 Å². The highest BCUT2D eigenvalue weighted by atomic mass is 16.6. The van der Waals surface area contributed by atoms with Crippen molar-refractivity contribution in [1.29, 1.82) is 0 Å². The number of hydrogen-bond acceptors (Lipinski definition) is 4. The third-order valence-corrected chi connectivity index (χ3v) is 2.77. The monoisotopic (exact) mass is 265 g/mol. The molecule has 0 fully saturated rings. The quantitative estimate of drug-likeness (QED) is 0.851. The van der Waals surface area contributed by atoms with E-state index in [0.29, 0.717) is 30.3 Å². The first-order chi connectivity index (χ1) is 9.11. The molecular formula is C13H15NO5. The summed E-state index contributed by atoms with van der Waals surface area (Å²) >= 11 is 0. The van der Waals surface area contributed by atoms with Gasteiger partial charge in [-0.3, -0.25) is 4.79 Å². The maximum atomic E-state index is 11.4. The molecule has 1 aromatic rings. The maximum Gasteiger partial charge on any atom is 0.330 e. The van der Waals surface area contributed by atoms with Crippen LogP contribution in [-0.2, 0) is 9.59 Å². The number of benzene rings is 1. The Hall–Kier alpha value is -2.24. The second kappa shape index (κ2) is 5.60. The fourth-order valence-corrected chi connectivity index (χ4v) is 1.79. The molecule has 1 aliphatic rings. The number of carboxylic acid groups (broad SMARTS) is 1. The summed E-state index contributed by atoms with van der Waals surface area (Å²) < 4.78 is 10.8. The van der Waals surface area contributed by atoms with Crippen molar-refractivity contribution in [3.8, 4) is 11.5 Å². The predicted octanol–water partition coefficient (Wildman–Crippen LogP) is 1.11. The van der Waals surface area contributed by atoms with Crippen molar-refractivity contribution in [3.05, 3.63) is 23.8 Å². The van der Waals surface area contributed by atoms with Crippen molar-refractivity contribution < 1.29 is 24.2 Å². The summed E-state index contributed by atoms with van der Waals surface area (Å²) in [5.74, 6) is -0.345. The topological polar surface area (TPSA) is 84.9 Å². The van der Waals surface area contributed by atoms with E-state index in [4.69, 9.17) is 9.47 Å². The van der Waals surface area contributed by atoms with Gasteiger partial charge in [0.1, 0.15) is 13.2 Å². The lowest BCUT2D eigenvalue weighted by molar-refractivity contribution is -0.142. The molecule has 2 rings (SSSR count). The van der Waals surface area contributed by atoms with Gasteiger partial charge in [0.15, 0.2) is 17.5 Å². The molecule has 0 bridgehead atoms. The van der Waals surface area contributed by atoms with Gasteiger partial charge >= 0.3 is 5.97 Å². The summed E-state index contributed by atoms with van der Waals surface area (Å²) in [5.41, 5.74) is 0.457. The van der Waals surface area contributed by atoms with Gasteiger partial charge < -0.3 is 19.9 Å². The second-order valence-corrected chi connectivity index (χ2v) is 4.10. The van der Waals surface area contributed by atoms with E-state index in [9.17, 15) is 14.7 Å². The van der Waals surface area contributed by atoms with E-state index in [0.717, 1.165) is 0 Å². The maximum absolute atomic E-state index is 11.4. The SMILES string of the molecule is CCC(=O)NC(C(=O)O)c1ccc2c(c1)OCCO2. The lowest BCUT2D eigenvalue weighted by Gasteiger charge is -2.21. The third-order valence-electron chi connectivity index (χ3n) is 2.77. The van der Waals surface area contributed by atoms with Gasteiger partial charge in [-0.25, -0.2) is 4.79 Å². The molecule has 0 saturated carbocycles. The molecule has 0 aliphatic carbocycles. The van der Waals surface area contributed by atoms with E-state index < -0.39 is 12.0 Å². The summed E-state index contributed by atoms with van der Waals surface area (Å²) in [6, 6.07) is 3.77. The number of hydrogen-bond donors (Lipinski definition) is 2. The van der Waals surface area contributed by atoms with Crippen molar-refractivity contribution in [2.24, 2.45) is 0 Å². The summed E-state index contributed by atoms with van der Waals surface area (Å²) in [6.45, 7) is 2.56. The zero-order valence-electron chi connectivity index (χ0n) is 10.5.